The number of ether oxygens (including phenoxy) is 2. The first-order valence-corrected chi connectivity index (χ1v) is 14.4. The summed E-state index contributed by atoms with van der Waals surface area (Å²) in [6.45, 7) is 2.43. The molecule has 0 bridgehead atoms. The summed E-state index contributed by atoms with van der Waals surface area (Å²) in [5.41, 5.74) is 6.80. The van der Waals surface area contributed by atoms with Crippen LogP contribution in [0.1, 0.15) is 49.4 Å². The minimum atomic E-state index is -1.06. The molecule has 1 aliphatic heterocycles. The largest absolute Gasteiger partial charge is 0.496 e. The van der Waals surface area contributed by atoms with Crippen LogP contribution in [0.25, 0.3) is 11.1 Å². The van der Waals surface area contributed by atoms with Crippen LogP contribution in [0.3, 0.4) is 0 Å². The van der Waals surface area contributed by atoms with Gasteiger partial charge in [-0.15, -0.1) is 11.6 Å². The highest BCUT2D eigenvalue weighted by Crippen LogP contribution is 2.47. The second-order valence-electron chi connectivity index (χ2n) is 10.1. The Morgan fingerprint density at radius 2 is 1.90 bits per heavy atom. The number of rotatable bonds is 12. The second-order valence-corrected chi connectivity index (χ2v) is 11.2. The Morgan fingerprint density at radius 3 is 2.57 bits per heavy atom. The Morgan fingerprint density at radius 1 is 1.14 bits per heavy atom. The number of carboxylic acids is 2. The van der Waals surface area contributed by atoms with Crippen molar-refractivity contribution in [2.24, 2.45) is 0 Å². The Balaban J connectivity index is 1.65. The average molecular weight is 614 g/mol. The molecule has 1 unspecified atom stereocenters. The van der Waals surface area contributed by atoms with Gasteiger partial charge in [-0.25, -0.2) is 9.59 Å². The SMILES string of the molecule is CCCCC=C(CC1=CC(Cl)(C2=CNN(c3ccc(OC)c(-c4ccccc4C(=O)O)c3OC)C2)CC=C1Cl)C(=O)O. The molecule has 42 heavy (non-hydrogen) atoms. The Kier molecular flexibility index (Phi) is 9.91. The molecule has 0 radical (unpaired) electrons. The number of alkyl halides is 1. The number of allylic oxidation sites excluding steroid dienone is 5. The molecule has 222 valence electrons. The van der Waals surface area contributed by atoms with E-state index >= 15 is 0 Å². The summed E-state index contributed by atoms with van der Waals surface area (Å²) in [6, 6.07) is 10.3. The number of aliphatic carboxylic acids is 1. The summed E-state index contributed by atoms with van der Waals surface area (Å²) in [5.74, 6) is -1.14. The quantitative estimate of drug-likeness (QED) is 0.130. The Hall–Kier alpha value is -3.88. The van der Waals surface area contributed by atoms with Crippen LogP contribution in [-0.4, -0.2) is 47.8 Å². The lowest BCUT2D eigenvalue weighted by atomic mass is 9.86. The maximum Gasteiger partial charge on any atom is 0.336 e. The molecular formula is C32H34Cl2N2O6. The van der Waals surface area contributed by atoms with Crippen LogP contribution in [0.2, 0.25) is 0 Å². The summed E-state index contributed by atoms with van der Waals surface area (Å²) in [7, 11) is 3.04. The second kappa shape index (κ2) is 13.4. The zero-order valence-electron chi connectivity index (χ0n) is 23.7. The third-order valence-electron chi connectivity index (χ3n) is 7.39. The fourth-order valence-electron chi connectivity index (χ4n) is 5.16. The van der Waals surface area contributed by atoms with E-state index in [1.165, 1.54) is 20.3 Å². The summed E-state index contributed by atoms with van der Waals surface area (Å²) >= 11 is 13.7. The van der Waals surface area contributed by atoms with Gasteiger partial charge in [0.1, 0.15) is 11.4 Å². The van der Waals surface area contributed by atoms with Gasteiger partial charge >= 0.3 is 11.9 Å². The molecule has 0 amide bonds. The van der Waals surface area contributed by atoms with Crippen LogP contribution in [0.4, 0.5) is 5.69 Å². The van der Waals surface area contributed by atoms with E-state index in [1.54, 1.807) is 30.3 Å². The monoisotopic (exact) mass is 612 g/mol. The van der Waals surface area contributed by atoms with Gasteiger partial charge in [0.15, 0.2) is 5.75 Å². The Bertz CT molecular complexity index is 1500. The van der Waals surface area contributed by atoms with Crippen LogP contribution >= 0.6 is 23.2 Å². The van der Waals surface area contributed by atoms with Crippen molar-refractivity contribution in [1.82, 2.24) is 5.43 Å². The van der Waals surface area contributed by atoms with Gasteiger partial charge in [0.05, 0.1) is 36.8 Å². The third-order valence-corrected chi connectivity index (χ3v) is 8.29. The van der Waals surface area contributed by atoms with Gasteiger partial charge < -0.3 is 25.1 Å². The van der Waals surface area contributed by atoms with Crippen LogP contribution in [0.5, 0.6) is 11.5 Å². The van der Waals surface area contributed by atoms with E-state index in [4.69, 9.17) is 32.7 Å². The number of carboxylic acid groups (broad SMARTS) is 2. The molecule has 3 N–H and O–H groups in total. The van der Waals surface area contributed by atoms with E-state index in [-0.39, 0.29) is 12.0 Å². The lowest BCUT2D eigenvalue weighted by Crippen LogP contribution is -2.33. The molecule has 1 aliphatic carbocycles. The van der Waals surface area contributed by atoms with Crippen molar-refractivity contribution in [3.63, 3.8) is 0 Å². The number of nitrogens with one attached hydrogen (secondary N) is 1. The van der Waals surface area contributed by atoms with Crippen molar-refractivity contribution < 1.29 is 29.3 Å². The number of carbonyl (C=O) groups is 2. The highest BCUT2D eigenvalue weighted by atomic mass is 35.5. The molecule has 0 saturated heterocycles. The maximum atomic E-state index is 12.0. The van der Waals surface area contributed by atoms with E-state index in [0.717, 1.165) is 18.4 Å². The first-order valence-electron chi connectivity index (χ1n) is 13.6. The summed E-state index contributed by atoms with van der Waals surface area (Å²) < 4.78 is 11.5. The molecule has 2 aromatic carbocycles. The number of hydrogen-bond acceptors (Lipinski definition) is 6. The molecule has 0 spiro atoms. The fraction of sp³-hybridized carbons (Fsp3) is 0.312. The first-order chi connectivity index (χ1) is 20.1. The number of benzene rings is 2. The molecule has 0 aromatic heterocycles. The van der Waals surface area contributed by atoms with Crippen LogP contribution in [0.15, 0.2) is 82.6 Å². The molecule has 10 heteroatoms. The van der Waals surface area contributed by atoms with E-state index < -0.39 is 16.8 Å². The number of hydrazine groups is 1. The van der Waals surface area contributed by atoms with E-state index in [0.29, 0.717) is 63.9 Å². The Labute approximate surface area is 255 Å². The minimum absolute atomic E-state index is 0.118. The molecule has 1 heterocycles. The zero-order chi connectivity index (χ0) is 30.4. The zero-order valence-corrected chi connectivity index (χ0v) is 25.3. The third kappa shape index (κ3) is 6.45. The topological polar surface area (TPSA) is 108 Å². The first kappa shape index (κ1) is 31.1. The number of aromatic carboxylic acids is 1. The highest BCUT2D eigenvalue weighted by molar-refractivity contribution is 6.33. The van der Waals surface area contributed by atoms with Crippen molar-refractivity contribution in [2.45, 2.75) is 43.9 Å². The smallest absolute Gasteiger partial charge is 0.336 e. The van der Waals surface area contributed by atoms with Crippen LogP contribution in [0, 0.1) is 0 Å². The van der Waals surface area contributed by atoms with Crippen molar-refractivity contribution in [2.75, 3.05) is 25.8 Å². The normalized spacial score (nSPS) is 18.5. The van der Waals surface area contributed by atoms with Gasteiger partial charge in [0.2, 0.25) is 0 Å². The van der Waals surface area contributed by atoms with E-state index in [1.807, 2.05) is 29.4 Å². The molecule has 4 rings (SSSR count). The molecule has 0 saturated carbocycles. The molecule has 1 atom stereocenters. The van der Waals surface area contributed by atoms with Crippen molar-refractivity contribution >= 4 is 40.8 Å². The predicted molar refractivity (Wildman–Crippen MR) is 166 cm³/mol. The van der Waals surface area contributed by atoms with Crippen LogP contribution in [-0.2, 0) is 4.79 Å². The van der Waals surface area contributed by atoms with Crippen molar-refractivity contribution in [3.8, 4) is 22.6 Å². The predicted octanol–water partition coefficient (Wildman–Crippen LogP) is 7.30. The van der Waals surface area contributed by atoms with Crippen molar-refractivity contribution in [1.29, 1.82) is 0 Å². The molecule has 8 nitrogen and oxygen atoms in total. The van der Waals surface area contributed by atoms with E-state index in [9.17, 15) is 19.8 Å². The van der Waals surface area contributed by atoms with Gasteiger partial charge in [-0.3, -0.25) is 5.01 Å². The maximum absolute atomic E-state index is 12.0. The lowest BCUT2D eigenvalue weighted by molar-refractivity contribution is -0.132. The van der Waals surface area contributed by atoms with Crippen molar-refractivity contribution in [3.05, 3.63) is 88.1 Å². The number of methoxy groups -OCH3 is 2. The minimum Gasteiger partial charge on any atom is -0.496 e. The number of anilines is 1. The van der Waals surface area contributed by atoms with Gasteiger partial charge in [0, 0.05) is 28.8 Å². The lowest BCUT2D eigenvalue weighted by Gasteiger charge is -2.30. The van der Waals surface area contributed by atoms with Gasteiger partial charge in [-0.1, -0.05) is 67.8 Å². The standard InChI is InChI=1S/C32H34Cl2N2O6/c1-4-5-6-9-20(30(37)38)16-21-17-32(34,15-14-25(21)33)22-18-35-36(19-22)26-12-13-27(41-2)28(29(26)42-3)23-10-7-8-11-24(23)31(39)40/h7-14,17-18,35H,4-6,15-16,19H2,1-3H3,(H,37,38)(H,39,40). The molecule has 0 fully saturated rings. The summed E-state index contributed by atoms with van der Waals surface area (Å²) in [6.07, 6.45) is 10.4. The van der Waals surface area contributed by atoms with Gasteiger partial charge in [-0.2, -0.15) is 0 Å². The number of halogens is 2. The summed E-state index contributed by atoms with van der Waals surface area (Å²) in [4.78, 5) is 23.0. The summed E-state index contributed by atoms with van der Waals surface area (Å²) in [5, 5.41) is 21.9. The molecular weight excluding hydrogens is 579 g/mol. The van der Waals surface area contributed by atoms with Gasteiger partial charge in [0.25, 0.3) is 0 Å². The van der Waals surface area contributed by atoms with E-state index in [2.05, 4.69) is 12.3 Å². The number of hydrogen-bond donors (Lipinski definition) is 3. The highest BCUT2D eigenvalue weighted by Gasteiger charge is 2.37. The molecule has 2 aliphatic rings. The van der Waals surface area contributed by atoms with Gasteiger partial charge in [-0.05, 0) is 42.2 Å². The molecule has 2 aromatic rings. The van der Waals surface area contributed by atoms with Crippen LogP contribution < -0.4 is 19.9 Å². The fourth-order valence-corrected chi connectivity index (χ4v) is 5.68. The number of nitrogens with zero attached hydrogens (tertiary/aromatic N) is 1. The average Bonchev–Trinajstić information content (AvgIpc) is 3.49. The number of unbranched alkanes of at least 4 members (excludes halogenated alkanes) is 2.